The Balaban J connectivity index is 2.79. The Labute approximate surface area is 88.6 Å². The fourth-order valence-corrected chi connectivity index (χ4v) is 6.47. The van der Waals surface area contributed by atoms with Gasteiger partial charge >= 0.3 is 0 Å². The molecule has 0 unspecified atom stereocenters. The summed E-state index contributed by atoms with van der Waals surface area (Å²) in [6.45, 7) is 7.25. The van der Waals surface area contributed by atoms with Crippen molar-refractivity contribution in [3.8, 4) is 0 Å². The summed E-state index contributed by atoms with van der Waals surface area (Å²) >= 11 is 3.48. The lowest BCUT2D eigenvalue weighted by atomic mass is 11.3. The van der Waals surface area contributed by atoms with Gasteiger partial charge < -0.3 is 0 Å². The van der Waals surface area contributed by atoms with Crippen LogP contribution in [0.5, 0.6) is 0 Å². The van der Waals surface area contributed by atoms with Crippen molar-refractivity contribution in [2.75, 3.05) is 10.2 Å². The van der Waals surface area contributed by atoms with Crippen molar-refractivity contribution in [3.63, 3.8) is 0 Å². The fourth-order valence-electron chi connectivity index (χ4n) is 0.225. The molecule has 0 fully saturated rings. The maximum Gasteiger partial charge on any atom is 0.0545 e. The molecule has 0 heterocycles. The lowest BCUT2D eigenvalue weighted by molar-refractivity contribution is 2.30. The van der Waals surface area contributed by atoms with Gasteiger partial charge in [-0.15, -0.1) is 23.5 Å². The zero-order chi connectivity index (χ0) is 8.36. The molecule has 0 aliphatic rings. The SMILES string of the molecule is C=CSCSSSCSC=C. The predicted molar refractivity (Wildman–Crippen MR) is 68.1 cm³/mol. The van der Waals surface area contributed by atoms with Gasteiger partial charge in [0.2, 0.25) is 0 Å². The average molecular weight is 242 g/mol. The van der Waals surface area contributed by atoms with Crippen LogP contribution >= 0.6 is 54.9 Å². The molecule has 0 N–H and O–H groups in total. The fraction of sp³-hybridized carbons (Fsp3) is 0.333. The molecule has 0 rings (SSSR count). The topological polar surface area (TPSA) is 0 Å². The zero-order valence-corrected chi connectivity index (χ0v) is 10.1. The van der Waals surface area contributed by atoms with Gasteiger partial charge in [0.15, 0.2) is 0 Å². The van der Waals surface area contributed by atoms with Crippen LogP contribution in [0.4, 0.5) is 0 Å². The van der Waals surface area contributed by atoms with Crippen molar-refractivity contribution < 1.29 is 0 Å². The van der Waals surface area contributed by atoms with Crippen molar-refractivity contribution in [2.45, 2.75) is 0 Å². The van der Waals surface area contributed by atoms with Gasteiger partial charge in [-0.3, -0.25) is 0 Å². The highest BCUT2D eigenvalue weighted by Gasteiger charge is 1.89. The molecule has 0 aromatic carbocycles. The molecule has 5 heteroatoms. The molecular weight excluding hydrogens is 232 g/mol. The molecule has 0 nitrogen and oxygen atoms in total. The summed E-state index contributed by atoms with van der Waals surface area (Å²) in [7, 11) is 5.53. The standard InChI is InChI=1S/C6H10S5/c1-3-7-5-9-11-10-6-8-4-2/h3-4H,1-2,5-6H2. The van der Waals surface area contributed by atoms with E-state index in [2.05, 4.69) is 13.2 Å². The van der Waals surface area contributed by atoms with E-state index in [9.17, 15) is 0 Å². The second-order valence-electron chi connectivity index (χ2n) is 1.21. The van der Waals surface area contributed by atoms with Crippen LogP contribution < -0.4 is 0 Å². The van der Waals surface area contributed by atoms with E-state index < -0.39 is 0 Å². The van der Waals surface area contributed by atoms with Crippen molar-refractivity contribution in [2.24, 2.45) is 0 Å². The van der Waals surface area contributed by atoms with Crippen LogP contribution in [0, 0.1) is 0 Å². The number of hydrogen-bond acceptors (Lipinski definition) is 5. The summed E-state index contributed by atoms with van der Waals surface area (Å²) in [5.74, 6) is 0. The molecule has 0 aromatic rings. The van der Waals surface area contributed by atoms with Gasteiger partial charge in [0.25, 0.3) is 0 Å². The van der Waals surface area contributed by atoms with Crippen LogP contribution in [0.2, 0.25) is 0 Å². The Hall–Kier alpha value is 1.23. The Bertz CT molecular complexity index is 91.1. The first kappa shape index (κ1) is 12.2. The van der Waals surface area contributed by atoms with Gasteiger partial charge in [0.05, 0.1) is 10.2 Å². The first-order valence-electron chi connectivity index (χ1n) is 2.78. The minimum Gasteiger partial charge on any atom is -0.123 e. The lowest BCUT2D eigenvalue weighted by Crippen LogP contribution is -1.59. The molecule has 0 saturated carbocycles. The second kappa shape index (κ2) is 11.2. The zero-order valence-electron chi connectivity index (χ0n) is 6.02. The molecular formula is C6H10S5. The van der Waals surface area contributed by atoms with E-state index in [0.29, 0.717) is 0 Å². The molecule has 0 amide bonds. The number of thioether (sulfide) groups is 2. The van der Waals surface area contributed by atoms with E-state index in [1.165, 1.54) is 0 Å². The maximum absolute atomic E-state index is 3.62. The number of hydrogen-bond donors (Lipinski definition) is 0. The van der Waals surface area contributed by atoms with E-state index in [1.54, 1.807) is 23.5 Å². The third kappa shape index (κ3) is 11.2. The quantitative estimate of drug-likeness (QED) is 0.343. The van der Waals surface area contributed by atoms with E-state index in [1.807, 2.05) is 42.2 Å². The van der Waals surface area contributed by atoms with E-state index >= 15 is 0 Å². The largest absolute Gasteiger partial charge is 0.123 e. The van der Waals surface area contributed by atoms with Crippen molar-refractivity contribution >= 4 is 54.9 Å². The lowest BCUT2D eigenvalue weighted by Gasteiger charge is -1.95. The Morgan fingerprint density at radius 1 is 0.909 bits per heavy atom. The summed E-state index contributed by atoms with van der Waals surface area (Å²) in [6, 6.07) is 0. The molecule has 64 valence electrons. The predicted octanol–water partition coefficient (Wildman–Crippen LogP) is 4.68. The highest BCUT2D eigenvalue weighted by molar-refractivity contribution is 9.10. The number of rotatable bonds is 8. The highest BCUT2D eigenvalue weighted by Crippen LogP contribution is 2.38. The monoisotopic (exact) mass is 242 g/mol. The minimum absolute atomic E-state index is 1.08. The molecule has 0 radical (unpaired) electrons. The van der Waals surface area contributed by atoms with Crippen molar-refractivity contribution in [1.82, 2.24) is 0 Å². The first-order chi connectivity index (χ1) is 5.41. The summed E-state index contributed by atoms with van der Waals surface area (Å²) in [6.07, 6.45) is 0. The molecule has 0 aliphatic heterocycles. The third-order valence-corrected chi connectivity index (χ3v) is 7.13. The van der Waals surface area contributed by atoms with E-state index in [0.717, 1.165) is 10.2 Å². The molecule has 0 aromatic heterocycles. The summed E-state index contributed by atoms with van der Waals surface area (Å²) in [4.78, 5) is 0. The molecule has 11 heavy (non-hydrogen) atoms. The van der Waals surface area contributed by atoms with E-state index in [-0.39, 0.29) is 0 Å². The first-order valence-corrected chi connectivity index (χ1v) is 8.69. The van der Waals surface area contributed by atoms with Crippen LogP contribution in [-0.4, -0.2) is 10.2 Å². The van der Waals surface area contributed by atoms with Gasteiger partial charge in [0.1, 0.15) is 0 Å². The van der Waals surface area contributed by atoms with Crippen LogP contribution in [0.25, 0.3) is 0 Å². The third-order valence-electron chi connectivity index (χ3n) is 0.564. The Morgan fingerprint density at radius 3 is 1.73 bits per heavy atom. The van der Waals surface area contributed by atoms with Gasteiger partial charge in [-0.05, 0) is 20.6 Å². The van der Waals surface area contributed by atoms with Crippen LogP contribution in [0.1, 0.15) is 0 Å². The Morgan fingerprint density at radius 2 is 1.36 bits per heavy atom. The van der Waals surface area contributed by atoms with E-state index in [4.69, 9.17) is 0 Å². The summed E-state index contributed by atoms with van der Waals surface area (Å²) in [5.41, 5.74) is 0. The molecule has 0 bridgehead atoms. The highest BCUT2D eigenvalue weighted by atomic mass is 33.5. The van der Waals surface area contributed by atoms with Gasteiger partial charge in [-0.2, -0.15) is 0 Å². The van der Waals surface area contributed by atoms with Gasteiger partial charge in [-0.1, -0.05) is 34.7 Å². The van der Waals surface area contributed by atoms with Gasteiger partial charge in [-0.25, -0.2) is 0 Å². The summed E-state index contributed by atoms with van der Waals surface area (Å²) in [5, 5.41) is 5.91. The normalized spacial score (nSPS) is 9.45. The molecule has 0 atom stereocenters. The average Bonchev–Trinajstić information content (AvgIpc) is 2.03. The van der Waals surface area contributed by atoms with Crippen molar-refractivity contribution in [1.29, 1.82) is 0 Å². The van der Waals surface area contributed by atoms with Crippen molar-refractivity contribution in [3.05, 3.63) is 24.0 Å². The summed E-state index contributed by atoms with van der Waals surface area (Å²) < 4.78 is 0. The molecule has 0 spiro atoms. The van der Waals surface area contributed by atoms with Crippen LogP contribution in [0.3, 0.4) is 0 Å². The smallest absolute Gasteiger partial charge is 0.0545 e. The van der Waals surface area contributed by atoms with Crippen LogP contribution in [0.15, 0.2) is 24.0 Å². The Kier molecular flexibility index (Phi) is 12.5. The van der Waals surface area contributed by atoms with Crippen LogP contribution in [-0.2, 0) is 0 Å². The molecule has 0 aliphatic carbocycles. The van der Waals surface area contributed by atoms with Gasteiger partial charge in [0, 0.05) is 0 Å². The minimum atomic E-state index is 1.08. The molecule has 0 saturated heterocycles. The maximum atomic E-state index is 3.62. The second-order valence-corrected chi connectivity index (χ2v) is 8.08.